The zero-order valence-corrected chi connectivity index (χ0v) is 14.0. The first kappa shape index (κ1) is 15.4. The monoisotopic (exact) mass is 340 g/mol. The van der Waals surface area contributed by atoms with Gasteiger partial charge in [0.2, 0.25) is 0 Å². The Labute approximate surface area is 128 Å². The van der Waals surface area contributed by atoms with Crippen molar-refractivity contribution in [1.82, 2.24) is 0 Å². The first-order valence-corrected chi connectivity index (χ1v) is 7.63. The van der Waals surface area contributed by atoms with Crippen LogP contribution < -0.4 is 4.74 Å². The summed E-state index contributed by atoms with van der Waals surface area (Å²) < 4.78 is 6.51. The second-order valence-corrected chi connectivity index (χ2v) is 7.44. The lowest BCUT2D eigenvalue weighted by Gasteiger charge is -2.40. The number of hydrogen-bond donors (Lipinski definition) is 1. The van der Waals surface area contributed by atoms with E-state index in [2.05, 4.69) is 36.7 Å². The number of ether oxygens (including phenoxy) is 1. The van der Waals surface area contributed by atoms with Crippen molar-refractivity contribution in [2.24, 2.45) is 0 Å². The smallest absolute Gasteiger partial charge is 0.314 e. The standard InChI is InChI=1S/C16H21BrO3/c1-15(2,3)11-8-10(17)9-12(13(11)20-4)16(14(18)19)6-5-7-16/h8-9H,5-7H2,1-4H3,(H,18,19). The Morgan fingerprint density at radius 2 is 1.95 bits per heavy atom. The fourth-order valence-corrected chi connectivity index (χ4v) is 3.31. The quantitative estimate of drug-likeness (QED) is 0.893. The molecule has 2 rings (SSSR count). The molecule has 110 valence electrons. The minimum absolute atomic E-state index is 0.104. The zero-order valence-electron chi connectivity index (χ0n) is 12.4. The fourth-order valence-electron chi connectivity index (χ4n) is 2.85. The van der Waals surface area contributed by atoms with Crippen molar-refractivity contribution in [2.75, 3.05) is 7.11 Å². The van der Waals surface area contributed by atoms with Gasteiger partial charge in [-0.25, -0.2) is 0 Å². The Morgan fingerprint density at radius 1 is 1.35 bits per heavy atom. The molecule has 1 saturated carbocycles. The summed E-state index contributed by atoms with van der Waals surface area (Å²) in [5.74, 6) is -0.0252. The average molecular weight is 341 g/mol. The average Bonchev–Trinajstić information content (AvgIpc) is 2.25. The van der Waals surface area contributed by atoms with Gasteiger partial charge in [0.05, 0.1) is 12.5 Å². The van der Waals surface area contributed by atoms with Crippen LogP contribution in [0.2, 0.25) is 0 Å². The molecule has 0 heterocycles. The van der Waals surface area contributed by atoms with Crippen LogP contribution in [0, 0.1) is 0 Å². The van der Waals surface area contributed by atoms with E-state index >= 15 is 0 Å². The first-order valence-electron chi connectivity index (χ1n) is 6.84. The van der Waals surface area contributed by atoms with Gasteiger partial charge in [0, 0.05) is 15.6 Å². The van der Waals surface area contributed by atoms with Crippen LogP contribution in [-0.2, 0) is 15.6 Å². The summed E-state index contributed by atoms with van der Waals surface area (Å²) in [7, 11) is 1.62. The highest BCUT2D eigenvalue weighted by molar-refractivity contribution is 9.10. The lowest BCUT2D eigenvalue weighted by Crippen LogP contribution is -2.43. The summed E-state index contributed by atoms with van der Waals surface area (Å²) in [6.07, 6.45) is 2.31. The molecule has 0 spiro atoms. The molecule has 0 aliphatic heterocycles. The molecule has 1 aromatic carbocycles. The van der Waals surface area contributed by atoms with Gasteiger partial charge < -0.3 is 9.84 Å². The molecule has 4 heteroatoms. The fraction of sp³-hybridized carbons (Fsp3) is 0.562. The number of halogens is 1. The van der Waals surface area contributed by atoms with Gasteiger partial charge >= 0.3 is 5.97 Å². The summed E-state index contributed by atoms with van der Waals surface area (Å²) in [5.41, 5.74) is 0.956. The number of methoxy groups -OCH3 is 1. The minimum atomic E-state index is -0.783. The van der Waals surface area contributed by atoms with Gasteiger partial charge in [-0.2, -0.15) is 0 Å². The van der Waals surface area contributed by atoms with E-state index in [9.17, 15) is 9.90 Å². The van der Waals surface area contributed by atoms with Gasteiger partial charge in [0.25, 0.3) is 0 Å². The highest BCUT2D eigenvalue weighted by Gasteiger charge is 2.48. The topological polar surface area (TPSA) is 46.5 Å². The Bertz CT molecular complexity index is 539. The molecular weight excluding hydrogens is 320 g/mol. The molecule has 1 aliphatic rings. The van der Waals surface area contributed by atoms with Crippen molar-refractivity contribution >= 4 is 21.9 Å². The lowest BCUT2D eigenvalue weighted by atomic mass is 9.63. The van der Waals surface area contributed by atoms with Crippen LogP contribution in [0.3, 0.4) is 0 Å². The van der Waals surface area contributed by atoms with Crippen LogP contribution in [0.4, 0.5) is 0 Å². The Hall–Kier alpha value is -1.03. The molecule has 1 aliphatic carbocycles. The summed E-state index contributed by atoms with van der Waals surface area (Å²) in [4.78, 5) is 11.8. The molecule has 1 aromatic rings. The summed E-state index contributed by atoms with van der Waals surface area (Å²) >= 11 is 3.52. The van der Waals surface area contributed by atoms with Crippen molar-refractivity contribution in [3.63, 3.8) is 0 Å². The van der Waals surface area contributed by atoms with Crippen molar-refractivity contribution in [3.05, 3.63) is 27.7 Å². The molecule has 0 aromatic heterocycles. The van der Waals surface area contributed by atoms with Gasteiger partial charge in [0.15, 0.2) is 0 Å². The van der Waals surface area contributed by atoms with Crippen molar-refractivity contribution in [2.45, 2.75) is 50.9 Å². The molecule has 1 fully saturated rings. The number of carboxylic acids is 1. The number of carboxylic acid groups (broad SMARTS) is 1. The largest absolute Gasteiger partial charge is 0.496 e. The minimum Gasteiger partial charge on any atom is -0.496 e. The number of carbonyl (C=O) groups is 1. The molecule has 1 N–H and O–H groups in total. The second-order valence-electron chi connectivity index (χ2n) is 6.52. The van der Waals surface area contributed by atoms with Gasteiger partial charge in [-0.3, -0.25) is 4.79 Å². The Balaban J connectivity index is 2.70. The number of aliphatic carboxylic acids is 1. The van der Waals surface area contributed by atoms with Crippen LogP contribution in [0.25, 0.3) is 0 Å². The van der Waals surface area contributed by atoms with E-state index < -0.39 is 11.4 Å². The third kappa shape index (κ3) is 2.34. The second kappa shape index (κ2) is 5.06. The normalized spacial score (nSPS) is 17.4. The van der Waals surface area contributed by atoms with Gasteiger partial charge in [-0.05, 0) is 30.4 Å². The molecule has 0 saturated heterocycles. The number of rotatable bonds is 3. The molecule has 0 unspecified atom stereocenters. The van der Waals surface area contributed by atoms with E-state index in [0.29, 0.717) is 12.8 Å². The summed E-state index contributed by atoms with van der Waals surface area (Å²) in [6.45, 7) is 6.32. The van der Waals surface area contributed by atoms with Crippen molar-refractivity contribution in [3.8, 4) is 5.75 Å². The highest BCUT2D eigenvalue weighted by atomic mass is 79.9. The Kier molecular flexibility index (Phi) is 3.89. The van der Waals surface area contributed by atoms with Crippen LogP contribution in [-0.4, -0.2) is 18.2 Å². The Morgan fingerprint density at radius 3 is 2.30 bits per heavy atom. The molecule has 0 amide bonds. The molecule has 0 radical (unpaired) electrons. The van der Waals surface area contributed by atoms with Crippen LogP contribution in [0.5, 0.6) is 5.75 Å². The highest BCUT2D eigenvalue weighted by Crippen LogP contribution is 2.50. The number of hydrogen-bond acceptors (Lipinski definition) is 2. The van der Waals surface area contributed by atoms with E-state index in [1.807, 2.05) is 12.1 Å². The van der Waals surface area contributed by atoms with Gasteiger partial charge in [-0.1, -0.05) is 43.1 Å². The first-order chi connectivity index (χ1) is 9.22. The van der Waals surface area contributed by atoms with Gasteiger partial charge in [-0.15, -0.1) is 0 Å². The predicted octanol–water partition coefficient (Wildman–Crippen LogP) is 4.26. The molecule has 3 nitrogen and oxygen atoms in total. The third-order valence-electron chi connectivity index (χ3n) is 4.20. The number of benzene rings is 1. The van der Waals surface area contributed by atoms with E-state index in [4.69, 9.17) is 4.74 Å². The van der Waals surface area contributed by atoms with Crippen molar-refractivity contribution < 1.29 is 14.6 Å². The van der Waals surface area contributed by atoms with E-state index in [1.165, 1.54) is 0 Å². The predicted molar refractivity (Wildman–Crippen MR) is 82.6 cm³/mol. The van der Waals surface area contributed by atoms with Crippen LogP contribution >= 0.6 is 15.9 Å². The molecule has 0 bridgehead atoms. The molecule has 0 atom stereocenters. The lowest BCUT2D eigenvalue weighted by molar-refractivity contribution is -0.147. The van der Waals surface area contributed by atoms with Crippen LogP contribution in [0.15, 0.2) is 16.6 Å². The summed E-state index contributed by atoms with van der Waals surface area (Å²) in [5, 5.41) is 9.67. The van der Waals surface area contributed by atoms with E-state index in [1.54, 1.807) is 7.11 Å². The third-order valence-corrected chi connectivity index (χ3v) is 4.66. The SMILES string of the molecule is COc1c(C(C)(C)C)cc(Br)cc1C1(C(=O)O)CCC1. The summed E-state index contributed by atoms with van der Waals surface area (Å²) in [6, 6.07) is 3.93. The van der Waals surface area contributed by atoms with E-state index in [0.717, 1.165) is 27.8 Å². The van der Waals surface area contributed by atoms with Crippen LogP contribution in [0.1, 0.15) is 51.2 Å². The maximum atomic E-state index is 11.8. The van der Waals surface area contributed by atoms with Crippen molar-refractivity contribution in [1.29, 1.82) is 0 Å². The maximum Gasteiger partial charge on any atom is 0.314 e. The molecule has 20 heavy (non-hydrogen) atoms. The maximum absolute atomic E-state index is 11.8. The zero-order chi connectivity index (χ0) is 15.1. The molecular formula is C16H21BrO3. The van der Waals surface area contributed by atoms with Gasteiger partial charge in [0.1, 0.15) is 5.75 Å². The van der Waals surface area contributed by atoms with E-state index in [-0.39, 0.29) is 5.41 Å².